The monoisotopic (exact) mass is 245 g/mol. The van der Waals surface area contributed by atoms with Crippen LogP contribution in [0, 0.1) is 0 Å². The summed E-state index contributed by atoms with van der Waals surface area (Å²) in [5, 5.41) is 2.30. The third kappa shape index (κ3) is 2.36. The van der Waals surface area contributed by atoms with Crippen LogP contribution in [0.3, 0.4) is 0 Å². The van der Waals surface area contributed by atoms with E-state index in [0.717, 1.165) is 11.1 Å². The molecule has 92 valence electrons. The van der Waals surface area contributed by atoms with Gasteiger partial charge in [-0.3, -0.25) is 0 Å². The lowest BCUT2D eigenvalue weighted by Crippen LogP contribution is -1.88. The maximum absolute atomic E-state index is 6.01. The van der Waals surface area contributed by atoms with Crippen LogP contribution in [0.4, 0.5) is 5.69 Å². The maximum Gasteiger partial charge on any atom is 0.0394 e. The molecule has 0 aromatic heterocycles. The summed E-state index contributed by atoms with van der Waals surface area (Å²) in [5.74, 6) is 0. The lowest BCUT2D eigenvalue weighted by atomic mass is 10.0. The zero-order valence-electron chi connectivity index (χ0n) is 10.6. The van der Waals surface area contributed by atoms with E-state index >= 15 is 0 Å². The highest BCUT2D eigenvalue weighted by Gasteiger charge is 2.00. The molecule has 0 aliphatic heterocycles. The van der Waals surface area contributed by atoms with Gasteiger partial charge in [0.15, 0.2) is 0 Å². The van der Waals surface area contributed by atoms with Crippen LogP contribution >= 0.6 is 0 Å². The Morgan fingerprint density at radius 2 is 1.32 bits per heavy atom. The fourth-order valence-electron chi connectivity index (χ4n) is 2.24. The molecular weight excluding hydrogens is 230 g/mol. The van der Waals surface area contributed by atoms with Crippen LogP contribution in [0.5, 0.6) is 0 Å². The van der Waals surface area contributed by atoms with Gasteiger partial charge in [-0.15, -0.1) is 0 Å². The van der Waals surface area contributed by atoms with Gasteiger partial charge in [-0.25, -0.2) is 0 Å². The minimum atomic E-state index is 0.826. The Balaban J connectivity index is 2.07. The van der Waals surface area contributed by atoms with Crippen molar-refractivity contribution in [3.8, 4) is 0 Å². The summed E-state index contributed by atoms with van der Waals surface area (Å²) in [6, 6.07) is 22.6. The number of nitrogen functional groups attached to an aromatic ring is 1. The Labute approximate surface area is 113 Å². The standard InChI is InChI=1S/C18H15N/c19-18-13-12-15(16-8-4-5-9-17(16)18)11-10-14-6-2-1-3-7-14/h1-13H,19H2/b11-10+. The average Bonchev–Trinajstić information content (AvgIpc) is 2.48. The molecule has 0 saturated heterocycles. The van der Waals surface area contributed by atoms with Crippen LogP contribution in [0.15, 0.2) is 66.7 Å². The molecule has 0 bridgehead atoms. The van der Waals surface area contributed by atoms with Crippen molar-refractivity contribution in [1.29, 1.82) is 0 Å². The largest absolute Gasteiger partial charge is 0.398 e. The lowest BCUT2D eigenvalue weighted by Gasteiger charge is -2.05. The van der Waals surface area contributed by atoms with Gasteiger partial charge in [0.2, 0.25) is 0 Å². The van der Waals surface area contributed by atoms with E-state index in [4.69, 9.17) is 5.73 Å². The van der Waals surface area contributed by atoms with Crippen molar-refractivity contribution < 1.29 is 0 Å². The van der Waals surface area contributed by atoms with E-state index < -0.39 is 0 Å². The molecule has 0 spiro atoms. The number of fused-ring (bicyclic) bond motifs is 1. The molecule has 1 nitrogen and oxygen atoms in total. The molecule has 0 atom stereocenters. The first kappa shape index (κ1) is 11.5. The Kier molecular flexibility index (Phi) is 3.03. The molecule has 0 heterocycles. The quantitative estimate of drug-likeness (QED) is 0.518. The van der Waals surface area contributed by atoms with E-state index in [0.29, 0.717) is 0 Å². The number of anilines is 1. The Hall–Kier alpha value is -2.54. The van der Waals surface area contributed by atoms with Crippen LogP contribution in [-0.2, 0) is 0 Å². The molecule has 0 unspecified atom stereocenters. The van der Waals surface area contributed by atoms with E-state index in [-0.39, 0.29) is 0 Å². The SMILES string of the molecule is Nc1ccc(/C=C/c2ccccc2)c2ccccc12. The minimum Gasteiger partial charge on any atom is -0.398 e. The van der Waals surface area contributed by atoms with Gasteiger partial charge in [-0.1, -0.05) is 72.8 Å². The predicted octanol–water partition coefficient (Wildman–Crippen LogP) is 4.59. The van der Waals surface area contributed by atoms with Gasteiger partial charge >= 0.3 is 0 Å². The molecule has 1 heteroatoms. The third-order valence-electron chi connectivity index (χ3n) is 3.25. The van der Waals surface area contributed by atoms with E-state index in [1.807, 2.05) is 36.4 Å². The summed E-state index contributed by atoms with van der Waals surface area (Å²) in [6.45, 7) is 0. The molecule has 3 aromatic carbocycles. The van der Waals surface area contributed by atoms with Crippen molar-refractivity contribution in [2.45, 2.75) is 0 Å². The van der Waals surface area contributed by atoms with E-state index in [1.54, 1.807) is 0 Å². The van der Waals surface area contributed by atoms with Crippen molar-refractivity contribution in [1.82, 2.24) is 0 Å². The number of hydrogen-bond acceptors (Lipinski definition) is 1. The van der Waals surface area contributed by atoms with E-state index in [9.17, 15) is 0 Å². The van der Waals surface area contributed by atoms with Crippen molar-refractivity contribution in [3.63, 3.8) is 0 Å². The molecule has 3 rings (SSSR count). The van der Waals surface area contributed by atoms with Crippen molar-refractivity contribution in [2.24, 2.45) is 0 Å². The van der Waals surface area contributed by atoms with Crippen molar-refractivity contribution in [2.75, 3.05) is 5.73 Å². The van der Waals surface area contributed by atoms with Gasteiger partial charge in [0.1, 0.15) is 0 Å². The average molecular weight is 245 g/mol. The normalized spacial score (nSPS) is 11.2. The molecule has 19 heavy (non-hydrogen) atoms. The molecule has 0 saturated carbocycles. The van der Waals surface area contributed by atoms with Crippen molar-refractivity contribution in [3.05, 3.63) is 77.9 Å². The number of hydrogen-bond donors (Lipinski definition) is 1. The fraction of sp³-hybridized carbons (Fsp3) is 0. The number of nitrogens with two attached hydrogens (primary N) is 1. The van der Waals surface area contributed by atoms with Crippen LogP contribution < -0.4 is 5.73 Å². The molecule has 0 aliphatic carbocycles. The molecule has 0 radical (unpaired) electrons. The Morgan fingerprint density at radius 1 is 0.632 bits per heavy atom. The van der Waals surface area contributed by atoms with Crippen LogP contribution in [0.1, 0.15) is 11.1 Å². The van der Waals surface area contributed by atoms with E-state index in [2.05, 4.69) is 42.5 Å². The first-order valence-corrected chi connectivity index (χ1v) is 6.35. The second-order valence-electron chi connectivity index (χ2n) is 4.53. The Morgan fingerprint density at radius 3 is 2.11 bits per heavy atom. The van der Waals surface area contributed by atoms with Crippen LogP contribution in [0.25, 0.3) is 22.9 Å². The van der Waals surface area contributed by atoms with Crippen molar-refractivity contribution >= 4 is 28.6 Å². The second kappa shape index (κ2) is 4.99. The summed E-state index contributed by atoms with van der Waals surface area (Å²) >= 11 is 0. The molecule has 3 aromatic rings. The zero-order chi connectivity index (χ0) is 13.1. The fourth-order valence-corrected chi connectivity index (χ4v) is 2.24. The molecule has 0 aliphatic rings. The molecule has 0 fully saturated rings. The first-order chi connectivity index (χ1) is 9.34. The highest BCUT2D eigenvalue weighted by atomic mass is 14.5. The summed E-state index contributed by atoms with van der Waals surface area (Å²) in [4.78, 5) is 0. The summed E-state index contributed by atoms with van der Waals surface area (Å²) in [7, 11) is 0. The predicted molar refractivity (Wildman–Crippen MR) is 83.7 cm³/mol. The summed E-state index contributed by atoms with van der Waals surface area (Å²) < 4.78 is 0. The summed E-state index contributed by atoms with van der Waals surface area (Å²) in [5.41, 5.74) is 9.22. The molecule has 0 amide bonds. The molecule has 2 N–H and O–H groups in total. The second-order valence-corrected chi connectivity index (χ2v) is 4.53. The number of rotatable bonds is 2. The minimum absolute atomic E-state index is 0.826. The van der Waals surface area contributed by atoms with Gasteiger partial charge < -0.3 is 5.73 Å². The highest BCUT2D eigenvalue weighted by molar-refractivity contribution is 5.99. The van der Waals surface area contributed by atoms with Crippen LogP contribution in [-0.4, -0.2) is 0 Å². The van der Waals surface area contributed by atoms with Gasteiger partial charge in [0.05, 0.1) is 0 Å². The molecular formula is C18H15N. The van der Waals surface area contributed by atoms with Gasteiger partial charge in [0.25, 0.3) is 0 Å². The number of benzene rings is 3. The highest BCUT2D eigenvalue weighted by Crippen LogP contribution is 2.25. The van der Waals surface area contributed by atoms with Crippen LogP contribution in [0.2, 0.25) is 0 Å². The lowest BCUT2D eigenvalue weighted by molar-refractivity contribution is 1.66. The third-order valence-corrected chi connectivity index (χ3v) is 3.25. The van der Waals surface area contributed by atoms with Gasteiger partial charge in [-0.2, -0.15) is 0 Å². The summed E-state index contributed by atoms with van der Waals surface area (Å²) in [6.07, 6.45) is 4.26. The topological polar surface area (TPSA) is 26.0 Å². The zero-order valence-corrected chi connectivity index (χ0v) is 10.6. The maximum atomic E-state index is 6.01. The van der Waals surface area contributed by atoms with Gasteiger partial charge in [0, 0.05) is 11.1 Å². The smallest absolute Gasteiger partial charge is 0.0394 e. The first-order valence-electron chi connectivity index (χ1n) is 6.35. The van der Waals surface area contributed by atoms with Gasteiger partial charge in [-0.05, 0) is 22.6 Å². The van der Waals surface area contributed by atoms with E-state index in [1.165, 1.54) is 16.5 Å². The Bertz CT molecular complexity index is 727.